The molecule has 1 aromatic carbocycles. The molecule has 0 atom stereocenters. The lowest BCUT2D eigenvalue weighted by molar-refractivity contribution is -0.467. The Morgan fingerprint density at radius 2 is 2.13 bits per heavy atom. The molecule has 0 aliphatic carbocycles. The lowest BCUT2D eigenvalue weighted by Gasteiger charge is -2.19. The van der Waals surface area contributed by atoms with E-state index < -0.39 is 0 Å². The summed E-state index contributed by atoms with van der Waals surface area (Å²) in [5, 5.41) is 6.72. The van der Waals surface area contributed by atoms with Crippen molar-refractivity contribution in [1.82, 2.24) is 0 Å². The van der Waals surface area contributed by atoms with Crippen LogP contribution in [0.4, 0.5) is 5.69 Å². The molecule has 15 heavy (non-hydrogen) atoms. The van der Waals surface area contributed by atoms with Gasteiger partial charge < -0.3 is 5.32 Å². The molecule has 72 valence electrons. The van der Waals surface area contributed by atoms with Crippen LogP contribution in [0.1, 0.15) is 0 Å². The van der Waals surface area contributed by atoms with Crippen molar-refractivity contribution in [1.29, 1.82) is 0 Å². The summed E-state index contributed by atoms with van der Waals surface area (Å²) in [4.78, 5) is 0. The maximum atomic E-state index is 4.41. The van der Waals surface area contributed by atoms with Crippen molar-refractivity contribution in [3.63, 3.8) is 0 Å². The molecule has 3 rings (SSSR count). The molecule has 2 aromatic rings. The first-order valence-corrected chi connectivity index (χ1v) is 4.85. The highest BCUT2D eigenvalue weighted by molar-refractivity contribution is 5.91. The molecule has 0 saturated heterocycles. The maximum absolute atomic E-state index is 4.41. The summed E-state index contributed by atoms with van der Waals surface area (Å²) in [6.45, 7) is 3.98. The van der Waals surface area contributed by atoms with Gasteiger partial charge >= 0.3 is 0 Å². The molecule has 0 radical (unpaired) electrons. The molecule has 0 bridgehead atoms. The number of nitrogens with zero attached hydrogens (tertiary/aromatic N) is 2. The van der Waals surface area contributed by atoms with Crippen molar-refractivity contribution in [2.45, 2.75) is 0 Å². The minimum Gasteiger partial charge on any atom is -0.658 e. The number of aromatic nitrogens is 1. The minimum atomic E-state index is 1.01. The number of hydrogen-bond donors (Lipinski definition) is 0. The number of rotatable bonds is 0. The predicted molar refractivity (Wildman–Crippen MR) is 61.1 cm³/mol. The van der Waals surface area contributed by atoms with Gasteiger partial charge in [0, 0.05) is 11.5 Å². The lowest BCUT2D eigenvalue weighted by atomic mass is 10.1. The van der Waals surface area contributed by atoms with Gasteiger partial charge in [-0.05, 0) is 17.4 Å². The monoisotopic (exact) mass is 194 g/mol. The van der Waals surface area contributed by atoms with Crippen molar-refractivity contribution >= 4 is 22.7 Å². The molecule has 0 spiro atoms. The maximum Gasteiger partial charge on any atom is 0.203 e. The van der Waals surface area contributed by atoms with E-state index in [1.54, 1.807) is 0 Å². The summed E-state index contributed by atoms with van der Waals surface area (Å²) in [6, 6.07) is 8.25. The van der Waals surface area contributed by atoms with E-state index in [-0.39, 0.29) is 0 Å². The van der Waals surface area contributed by atoms with E-state index in [2.05, 4.69) is 36.3 Å². The molecular formula is C13H10N2. The summed E-state index contributed by atoms with van der Waals surface area (Å²) >= 11 is 0. The lowest BCUT2D eigenvalue weighted by Crippen LogP contribution is -2.17. The highest BCUT2D eigenvalue weighted by atomic mass is 14.9. The highest BCUT2D eigenvalue weighted by Gasteiger charge is 2.03. The Kier molecular flexibility index (Phi) is 1.62. The van der Waals surface area contributed by atoms with Crippen LogP contribution in [0.25, 0.3) is 22.3 Å². The van der Waals surface area contributed by atoms with Gasteiger partial charge in [0.1, 0.15) is 6.72 Å². The Hall–Kier alpha value is -2.09. The second-order valence-electron chi connectivity index (χ2n) is 3.56. The normalized spacial score (nSPS) is 13.1. The first-order chi connectivity index (χ1) is 7.36. The second kappa shape index (κ2) is 2.95. The van der Waals surface area contributed by atoms with Gasteiger partial charge in [0.2, 0.25) is 5.52 Å². The van der Waals surface area contributed by atoms with Crippen LogP contribution in [0.15, 0.2) is 42.7 Å². The minimum absolute atomic E-state index is 1.01. The van der Waals surface area contributed by atoms with Gasteiger partial charge in [0.15, 0.2) is 6.20 Å². The molecule has 0 unspecified atom stereocenters. The quantitative estimate of drug-likeness (QED) is 0.572. The first-order valence-electron chi connectivity index (χ1n) is 4.85. The molecule has 2 heterocycles. The van der Waals surface area contributed by atoms with E-state index in [1.807, 2.05) is 28.8 Å². The first kappa shape index (κ1) is 8.24. The van der Waals surface area contributed by atoms with Gasteiger partial charge in [0.05, 0.1) is 0 Å². The third-order valence-electron chi connectivity index (χ3n) is 2.61. The third-order valence-corrected chi connectivity index (χ3v) is 2.61. The summed E-state index contributed by atoms with van der Waals surface area (Å²) in [6.07, 6.45) is 7.77. The molecule has 0 N–H and O–H groups in total. The second-order valence-corrected chi connectivity index (χ2v) is 3.56. The molecular weight excluding hydrogens is 184 g/mol. The summed E-state index contributed by atoms with van der Waals surface area (Å²) < 4.78 is 1.87. The molecule has 1 aromatic heterocycles. The van der Waals surface area contributed by atoms with Crippen molar-refractivity contribution < 1.29 is 4.24 Å². The van der Waals surface area contributed by atoms with Crippen LogP contribution in [0, 0.1) is 6.72 Å². The largest absolute Gasteiger partial charge is 0.658 e. The van der Waals surface area contributed by atoms with Gasteiger partial charge in [-0.1, -0.05) is 23.9 Å². The molecule has 0 amide bonds. The Labute approximate surface area is 87.5 Å². The number of pyridine rings is 1. The fourth-order valence-electron chi connectivity index (χ4n) is 1.91. The van der Waals surface area contributed by atoms with Crippen molar-refractivity contribution in [3.8, 4) is 0 Å². The van der Waals surface area contributed by atoms with Gasteiger partial charge in [-0.3, -0.25) is 0 Å². The van der Waals surface area contributed by atoms with Crippen LogP contribution in [0.3, 0.4) is 0 Å². The SMILES string of the molecule is C=[n+]1cccc2ccc3c(c21)[N-]C=CC=3. The van der Waals surface area contributed by atoms with Crippen molar-refractivity contribution in [3.05, 3.63) is 60.0 Å². The van der Waals surface area contributed by atoms with Crippen LogP contribution in [0.5, 0.6) is 0 Å². The zero-order valence-corrected chi connectivity index (χ0v) is 8.22. The number of fused-ring (bicyclic) bond motifs is 3. The topological polar surface area (TPSA) is 20.0 Å². The predicted octanol–water partition coefficient (Wildman–Crippen LogP) is 2.08. The average Bonchev–Trinajstić information content (AvgIpc) is 2.29. The van der Waals surface area contributed by atoms with E-state index >= 15 is 0 Å². The van der Waals surface area contributed by atoms with Crippen LogP contribution in [-0.2, 0) is 0 Å². The van der Waals surface area contributed by atoms with Gasteiger partial charge in [0.25, 0.3) is 0 Å². The summed E-state index contributed by atoms with van der Waals surface area (Å²) in [5.74, 6) is 0. The molecule has 0 saturated carbocycles. The van der Waals surface area contributed by atoms with E-state index in [4.69, 9.17) is 0 Å². The van der Waals surface area contributed by atoms with Crippen molar-refractivity contribution in [2.24, 2.45) is 0 Å². The molecule has 2 nitrogen and oxygen atoms in total. The molecule has 1 aliphatic heterocycles. The average molecular weight is 194 g/mol. The third kappa shape index (κ3) is 1.15. The molecule has 2 heteroatoms. The Balaban J connectivity index is 2.59. The Bertz CT molecular complexity index is 669. The number of benzene rings is 1. The fourth-order valence-corrected chi connectivity index (χ4v) is 1.91. The van der Waals surface area contributed by atoms with Gasteiger partial charge in [-0.2, -0.15) is 10.4 Å². The number of hydrogen-bond acceptors (Lipinski definition) is 0. The molecule has 1 aliphatic rings. The van der Waals surface area contributed by atoms with Gasteiger partial charge in [-0.15, -0.1) is 0 Å². The Morgan fingerprint density at radius 3 is 3.07 bits per heavy atom. The fraction of sp³-hybridized carbons (Fsp3) is 0. The zero-order valence-electron chi connectivity index (χ0n) is 8.22. The van der Waals surface area contributed by atoms with Gasteiger partial charge in [-0.25, -0.2) is 0 Å². The van der Waals surface area contributed by atoms with Crippen molar-refractivity contribution in [2.75, 3.05) is 0 Å². The molecule has 0 fully saturated rings. The van der Waals surface area contributed by atoms with E-state index in [0.717, 1.165) is 16.4 Å². The van der Waals surface area contributed by atoms with Crippen LogP contribution in [0.2, 0.25) is 0 Å². The smallest absolute Gasteiger partial charge is 0.203 e. The Morgan fingerprint density at radius 1 is 1.20 bits per heavy atom. The summed E-state index contributed by atoms with van der Waals surface area (Å²) in [5.41, 5.74) is 2.08. The van der Waals surface area contributed by atoms with E-state index in [0.29, 0.717) is 0 Å². The van der Waals surface area contributed by atoms with E-state index in [9.17, 15) is 0 Å². The zero-order chi connectivity index (χ0) is 10.3. The summed E-state index contributed by atoms with van der Waals surface area (Å²) in [7, 11) is 0. The van der Waals surface area contributed by atoms with Crippen LogP contribution >= 0.6 is 0 Å². The number of allylic oxidation sites excluding steroid dienone is 1. The van der Waals surface area contributed by atoms with Crippen LogP contribution < -0.4 is 9.46 Å². The van der Waals surface area contributed by atoms with Crippen LogP contribution in [-0.4, -0.2) is 0 Å². The van der Waals surface area contributed by atoms with E-state index in [1.165, 1.54) is 5.39 Å². The standard InChI is InChI=1S/C13H10N2/c1-15-9-3-5-11-7-6-10-4-2-8-14-12(10)13(11)15/h2-9H,1H2. The highest BCUT2D eigenvalue weighted by Crippen LogP contribution is 2.23.